The first-order valence-electron chi connectivity index (χ1n) is 4.92. The minimum atomic E-state index is -1.08. The summed E-state index contributed by atoms with van der Waals surface area (Å²) in [5.74, 6) is -0.499. The molecular weight excluding hydrogens is 213 g/mol. The lowest BCUT2D eigenvalue weighted by Crippen LogP contribution is -2.20. The number of hydrogen-bond donors (Lipinski definition) is 2. The summed E-state index contributed by atoms with van der Waals surface area (Å²) in [6, 6.07) is 5.39. The second kappa shape index (κ2) is 6.07. The quantitative estimate of drug-likeness (QED) is 0.722. The topological polar surface area (TPSA) is 72.6 Å². The molecule has 0 aromatic heterocycles. The standard InChI is InChI=1S/C11H14FNO3/c12-6-1-7-16-9-4-2-8(3-5-9)10(13)11(14)15/h2-5,10H,1,6-7,13H2,(H,14,15)/t10-/m0/s1. The number of benzene rings is 1. The SMILES string of the molecule is N[C@H](C(=O)O)c1ccc(OCCCF)cc1. The van der Waals surface area contributed by atoms with Crippen LogP contribution in [-0.2, 0) is 4.79 Å². The molecule has 3 N–H and O–H groups in total. The van der Waals surface area contributed by atoms with Gasteiger partial charge in [-0.1, -0.05) is 12.1 Å². The Morgan fingerprint density at radius 3 is 2.56 bits per heavy atom. The molecule has 1 atom stereocenters. The molecule has 0 fully saturated rings. The first-order chi connectivity index (χ1) is 7.65. The number of rotatable bonds is 6. The molecule has 0 spiro atoms. The molecule has 5 heteroatoms. The maximum atomic E-state index is 11.8. The van der Waals surface area contributed by atoms with Gasteiger partial charge in [-0.05, 0) is 17.7 Å². The van der Waals surface area contributed by atoms with Gasteiger partial charge in [0.15, 0.2) is 0 Å². The molecule has 1 aromatic rings. The number of aliphatic carboxylic acids is 1. The summed E-state index contributed by atoms with van der Waals surface area (Å²) in [6.07, 6.45) is 0.344. The van der Waals surface area contributed by atoms with Gasteiger partial charge in [-0.25, -0.2) is 0 Å². The van der Waals surface area contributed by atoms with Crippen molar-refractivity contribution in [1.29, 1.82) is 0 Å². The van der Waals surface area contributed by atoms with Gasteiger partial charge in [-0.15, -0.1) is 0 Å². The first-order valence-corrected chi connectivity index (χ1v) is 4.92. The highest BCUT2D eigenvalue weighted by atomic mass is 19.1. The van der Waals surface area contributed by atoms with Crippen LogP contribution in [0, 0.1) is 0 Å². The van der Waals surface area contributed by atoms with Crippen LogP contribution in [0.2, 0.25) is 0 Å². The molecule has 0 aliphatic heterocycles. The second-order valence-electron chi connectivity index (χ2n) is 3.28. The number of nitrogens with two attached hydrogens (primary N) is 1. The fourth-order valence-electron chi connectivity index (χ4n) is 1.16. The molecular formula is C11H14FNO3. The highest BCUT2D eigenvalue weighted by Gasteiger charge is 2.13. The fraction of sp³-hybridized carbons (Fsp3) is 0.364. The number of halogens is 1. The molecule has 0 aliphatic rings. The Morgan fingerprint density at radius 2 is 2.06 bits per heavy atom. The Bertz CT molecular complexity index is 340. The average Bonchev–Trinajstić information content (AvgIpc) is 2.29. The van der Waals surface area contributed by atoms with E-state index in [9.17, 15) is 9.18 Å². The second-order valence-corrected chi connectivity index (χ2v) is 3.28. The van der Waals surface area contributed by atoms with E-state index < -0.39 is 18.7 Å². The first kappa shape index (κ1) is 12.4. The molecule has 4 nitrogen and oxygen atoms in total. The Balaban J connectivity index is 2.57. The van der Waals surface area contributed by atoms with Gasteiger partial charge in [-0.3, -0.25) is 9.18 Å². The Hall–Kier alpha value is -1.62. The summed E-state index contributed by atoms with van der Waals surface area (Å²) in [7, 11) is 0. The van der Waals surface area contributed by atoms with E-state index in [-0.39, 0.29) is 0 Å². The third-order valence-corrected chi connectivity index (χ3v) is 2.05. The van der Waals surface area contributed by atoms with Gasteiger partial charge in [0.25, 0.3) is 0 Å². The predicted octanol–water partition coefficient (Wildman–Crippen LogP) is 1.51. The van der Waals surface area contributed by atoms with Gasteiger partial charge >= 0.3 is 5.97 Å². The smallest absolute Gasteiger partial charge is 0.325 e. The summed E-state index contributed by atoms with van der Waals surface area (Å²) in [5, 5.41) is 8.68. The predicted molar refractivity (Wildman–Crippen MR) is 57.1 cm³/mol. The van der Waals surface area contributed by atoms with Crippen molar-refractivity contribution in [1.82, 2.24) is 0 Å². The monoisotopic (exact) mass is 227 g/mol. The number of ether oxygens (including phenoxy) is 1. The van der Waals surface area contributed by atoms with E-state index in [2.05, 4.69) is 0 Å². The average molecular weight is 227 g/mol. The minimum Gasteiger partial charge on any atom is -0.494 e. The number of carbonyl (C=O) groups is 1. The normalized spacial score (nSPS) is 12.1. The molecule has 0 unspecified atom stereocenters. The summed E-state index contributed by atoms with van der Waals surface area (Å²) < 4.78 is 17.0. The molecule has 1 aromatic carbocycles. The van der Waals surface area contributed by atoms with Crippen molar-refractivity contribution in [3.05, 3.63) is 29.8 Å². The molecule has 0 bridgehead atoms. The van der Waals surface area contributed by atoms with Gasteiger partial charge in [0.05, 0.1) is 13.3 Å². The maximum absolute atomic E-state index is 11.8. The van der Waals surface area contributed by atoms with Crippen LogP contribution in [0.25, 0.3) is 0 Å². The van der Waals surface area contributed by atoms with Crippen LogP contribution in [0.15, 0.2) is 24.3 Å². The van der Waals surface area contributed by atoms with Crippen molar-refractivity contribution in [3.63, 3.8) is 0 Å². The molecule has 0 aliphatic carbocycles. The van der Waals surface area contributed by atoms with Gasteiger partial charge in [-0.2, -0.15) is 0 Å². The van der Waals surface area contributed by atoms with Crippen molar-refractivity contribution < 1.29 is 19.0 Å². The third kappa shape index (κ3) is 3.51. The fourth-order valence-corrected chi connectivity index (χ4v) is 1.16. The zero-order chi connectivity index (χ0) is 12.0. The van der Waals surface area contributed by atoms with E-state index in [4.69, 9.17) is 15.6 Å². The van der Waals surface area contributed by atoms with Gasteiger partial charge in [0, 0.05) is 6.42 Å². The van der Waals surface area contributed by atoms with Crippen molar-refractivity contribution in [3.8, 4) is 5.75 Å². The largest absolute Gasteiger partial charge is 0.494 e. The van der Waals surface area contributed by atoms with E-state index in [0.29, 0.717) is 24.3 Å². The van der Waals surface area contributed by atoms with Crippen LogP contribution in [-0.4, -0.2) is 24.4 Å². The molecule has 0 saturated carbocycles. The van der Waals surface area contributed by atoms with E-state index in [1.807, 2.05) is 0 Å². The molecule has 1 rings (SSSR count). The zero-order valence-corrected chi connectivity index (χ0v) is 8.73. The molecule has 16 heavy (non-hydrogen) atoms. The summed E-state index contributed by atoms with van der Waals surface area (Å²) in [5.41, 5.74) is 5.92. The maximum Gasteiger partial charge on any atom is 0.325 e. The van der Waals surface area contributed by atoms with Crippen LogP contribution in [0.1, 0.15) is 18.0 Å². The number of alkyl halides is 1. The van der Waals surface area contributed by atoms with E-state index in [1.54, 1.807) is 24.3 Å². The van der Waals surface area contributed by atoms with Crippen molar-refractivity contribution in [2.75, 3.05) is 13.3 Å². The number of carboxylic acids is 1. The Kier molecular flexibility index (Phi) is 4.72. The van der Waals surface area contributed by atoms with Gasteiger partial charge < -0.3 is 15.6 Å². The Morgan fingerprint density at radius 1 is 1.44 bits per heavy atom. The molecule has 88 valence electrons. The third-order valence-electron chi connectivity index (χ3n) is 2.05. The van der Waals surface area contributed by atoms with Crippen LogP contribution in [0.5, 0.6) is 5.75 Å². The van der Waals surface area contributed by atoms with Crippen LogP contribution in [0.3, 0.4) is 0 Å². The number of carboxylic acid groups (broad SMARTS) is 1. The molecule has 0 saturated heterocycles. The van der Waals surface area contributed by atoms with Crippen LogP contribution < -0.4 is 10.5 Å². The minimum absolute atomic E-state index is 0.306. The van der Waals surface area contributed by atoms with Crippen molar-refractivity contribution >= 4 is 5.97 Å². The lowest BCUT2D eigenvalue weighted by Gasteiger charge is -2.08. The van der Waals surface area contributed by atoms with E-state index in [0.717, 1.165) is 0 Å². The van der Waals surface area contributed by atoms with Gasteiger partial charge in [0.1, 0.15) is 11.8 Å². The van der Waals surface area contributed by atoms with Crippen molar-refractivity contribution in [2.24, 2.45) is 5.73 Å². The molecule has 0 amide bonds. The van der Waals surface area contributed by atoms with Crippen molar-refractivity contribution in [2.45, 2.75) is 12.5 Å². The van der Waals surface area contributed by atoms with E-state index >= 15 is 0 Å². The van der Waals surface area contributed by atoms with Gasteiger partial charge in [0.2, 0.25) is 0 Å². The lowest BCUT2D eigenvalue weighted by atomic mass is 10.1. The summed E-state index contributed by atoms with van der Waals surface area (Å²) >= 11 is 0. The molecule has 0 radical (unpaired) electrons. The lowest BCUT2D eigenvalue weighted by molar-refractivity contribution is -0.138. The van der Waals surface area contributed by atoms with E-state index in [1.165, 1.54) is 0 Å². The summed E-state index contributed by atoms with van der Waals surface area (Å²) in [4.78, 5) is 10.6. The highest BCUT2D eigenvalue weighted by molar-refractivity contribution is 5.75. The van der Waals surface area contributed by atoms with Crippen LogP contribution >= 0.6 is 0 Å². The summed E-state index contributed by atoms with van der Waals surface area (Å²) in [6.45, 7) is -0.108. The number of hydrogen-bond acceptors (Lipinski definition) is 3. The van der Waals surface area contributed by atoms with Crippen LogP contribution in [0.4, 0.5) is 4.39 Å². The Labute approximate surface area is 92.8 Å². The molecule has 0 heterocycles. The zero-order valence-electron chi connectivity index (χ0n) is 8.73. The highest BCUT2D eigenvalue weighted by Crippen LogP contribution is 2.16.